The van der Waals surface area contributed by atoms with Gasteiger partial charge >= 0.3 is 6.03 Å². The normalized spacial score (nSPS) is 17.8. The number of hydrogen-bond acceptors (Lipinski definition) is 2. The van der Waals surface area contributed by atoms with Crippen molar-refractivity contribution in [3.05, 3.63) is 35.9 Å². The van der Waals surface area contributed by atoms with Crippen LogP contribution in [0, 0.1) is 0 Å². The molecule has 3 amide bonds. The van der Waals surface area contributed by atoms with Crippen LogP contribution in [0.3, 0.4) is 0 Å². The summed E-state index contributed by atoms with van der Waals surface area (Å²) in [5.41, 5.74) is 0.961. The lowest BCUT2D eigenvalue weighted by molar-refractivity contribution is -0.126. The standard InChI is InChI=1S/C11H12N2O2/c1-8(9-5-3-2-4-6-9)13-10(14)7-12-11(13)15/h2-6,8H,7H2,1H3,(H,12,15)/t8-/m1/s1. The average molecular weight is 204 g/mol. The quantitative estimate of drug-likeness (QED) is 0.738. The summed E-state index contributed by atoms with van der Waals surface area (Å²) in [4.78, 5) is 24.1. The van der Waals surface area contributed by atoms with Crippen molar-refractivity contribution < 1.29 is 9.59 Å². The zero-order chi connectivity index (χ0) is 10.8. The highest BCUT2D eigenvalue weighted by Crippen LogP contribution is 2.21. The van der Waals surface area contributed by atoms with Gasteiger partial charge in [0.1, 0.15) is 0 Å². The lowest BCUT2D eigenvalue weighted by Crippen LogP contribution is -2.33. The van der Waals surface area contributed by atoms with Gasteiger partial charge in [0.15, 0.2) is 0 Å². The number of nitrogens with zero attached hydrogens (tertiary/aromatic N) is 1. The minimum atomic E-state index is -0.309. The molecule has 1 atom stereocenters. The molecule has 1 heterocycles. The molecule has 0 bridgehead atoms. The third-order valence-corrected chi connectivity index (χ3v) is 2.55. The van der Waals surface area contributed by atoms with E-state index >= 15 is 0 Å². The average Bonchev–Trinajstić information content (AvgIpc) is 2.59. The van der Waals surface area contributed by atoms with Gasteiger partial charge in [0.25, 0.3) is 5.91 Å². The fourth-order valence-corrected chi connectivity index (χ4v) is 1.71. The summed E-state index contributed by atoms with van der Waals surface area (Å²) in [5, 5.41) is 2.51. The summed E-state index contributed by atoms with van der Waals surface area (Å²) in [6.07, 6.45) is 0. The highest BCUT2D eigenvalue weighted by Gasteiger charge is 2.33. The highest BCUT2D eigenvalue weighted by atomic mass is 16.2. The predicted octanol–water partition coefficient (Wildman–Crippen LogP) is 1.30. The lowest BCUT2D eigenvalue weighted by Gasteiger charge is -2.21. The fraction of sp³-hybridized carbons (Fsp3) is 0.273. The summed E-state index contributed by atoms with van der Waals surface area (Å²) in [6.45, 7) is 1.95. The van der Waals surface area contributed by atoms with Crippen LogP contribution < -0.4 is 5.32 Å². The Kier molecular flexibility index (Phi) is 2.41. The molecule has 0 unspecified atom stereocenters. The zero-order valence-corrected chi connectivity index (χ0v) is 8.43. The van der Waals surface area contributed by atoms with Crippen LogP contribution in [0.15, 0.2) is 30.3 Å². The number of carbonyl (C=O) groups is 2. The third kappa shape index (κ3) is 1.70. The van der Waals surface area contributed by atoms with E-state index in [1.54, 1.807) is 0 Å². The van der Waals surface area contributed by atoms with Gasteiger partial charge in [0.05, 0.1) is 12.6 Å². The van der Waals surface area contributed by atoms with Gasteiger partial charge in [-0.05, 0) is 12.5 Å². The first-order valence-corrected chi connectivity index (χ1v) is 4.85. The topological polar surface area (TPSA) is 49.4 Å². The summed E-state index contributed by atoms with van der Waals surface area (Å²) in [5.74, 6) is -0.170. The lowest BCUT2D eigenvalue weighted by atomic mass is 10.1. The molecular weight excluding hydrogens is 192 g/mol. The molecule has 1 saturated heterocycles. The minimum absolute atomic E-state index is 0.107. The second-order valence-electron chi connectivity index (χ2n) is 3.51. The molecule has 4 heteroatoms. The van der Waals surface area contributed by atoms with Gasteiger partial charge in [0.2, 0.25) is 0 Å². The molecule has 1 aliphatic rings. The molecule has 0 saturated carbocycles. The number of benzene rings is 1. The van der Waals surface area contributed by atoms with Crippen molar-refractivity contribution in [2.24, 2.45) is 0 Å². The molecule has 0 aromatic heterocycles. The zero-order valence-electron chi connectivity index (χ0n) is 8.43. The van der Waals surface area contributed by atoms with Gasteiger partial charge in [-0.1, -0.05) is 30.3 Å². The molecule has 1 N–H and O–H groups in total. The van der Waals surface area contributed by atoms with Gasteiger partial charge < -0.3 is 5.32 Å². The molecule has 4 nitrogen and oxygen atoms in total. The van der Waals surface area contributed by atoms with Gasteiger partial charge in [-0.15, -0.1) is 0 Å². The summed E-state index contributed by atoms with van der Waals surface area (Å²) in [6, 6.07) is 8.99. The minimum Gasteiger partial charge on any atom is -0.329 e. The fourth-order valence-electron chi connectivity index (χ4n) is 1.71. The van der Waals surface area contributed by atoms with Crippen LogP contribution in [0.4, 0.5) is 4.79 Å². The first kappa shape index (κ1) is 9.71. The van der Waals surface area contributed by atoms with Crippen molar-refractivity contribution in [3.8, 4) is 0 Å². The van der Waals surface area contributed by atoms with E-state index in [-0.39, 0.29) is 24.5 Å². The number of amides is 3. The molecule has 1 aromatic rings. The van der Waals surface area contributed by atoms with Crippen LogP contribution in [0.25, 0.3) is 0 Å². The largest absolute Gasteiger partial charge is 0.329 e. The highest BCUT2D eigenvalue weighted by molar-refractivity contribution is 6.02. The first-order chi connectivity index (χ1) is 7.20. The Hall–Kier alpha value is -1.84. The molecule has 1 aromatic carbocycles. The Morgan fingerprint density at radius 1 is 1.27 bits per heavy atom. The Morgan fingerprint density at radius 3 is 2.47 bits per heavy atom. The van der Waals surface area contributed by atoms with Crippen LogP contribution in [-0.2, 0) is 4.79 Å². The monoisotopic (exact) mass is 204 g/mol. The van der Waals surface area contributed by atoms with E-state index in [2.05, 4.69) is 5.32 Å². The number of nitrogens with one attached hydrogen (secondary N) is 1. The molecule has 2 rings (SSSR count). The SMILES string of the molecule is C[C@H](c1ccccc1)N1C(=O)CNC1=O. The van der Waals surface area contributed by atoms with E-state index in [4.69, 9.17) is 0 Å². The molecule has 0 spiro atoms. The number of urea groups is 1. The molecule has 78 valence electrons. The van der Waals surface area contributed by atoms with E-state index in [0.717, 1.165) is 5.56 Å². The van der Waals surface area contributed by atoms with Crippen molar-refractivity contribution in [1.82, 2.24) is 10.2 Å². The second-order valence-corrected chi connectivity index (χ2v) is 3.51. The molecule has 1 aliphatic heterocycles. The first-order valence-electron chi connectivity index (χ1n) is 4.85. The van der Waals surface area contributed by atoms with Crippen molar-refractivity contribution in [3.63, 3.8) is 0 Å². The van der Waals surface area contributed by atoms with E-state index in [1.165, 1.54) is 4.90 Å². The molecule has 15 heavy (non-hydrogen) atoms. The number of rotatable bonds is 2. The van der Waals surface area contributed by atoms with Crippen molar-refractivity contribution in [2.75, 3.05) is 6.54 Å². The number of hydrogen-bond donors (Lipinski definition) is 1. The maximum atomic E-state index is 11.4. The van der Waals surface area contributed by atoms with Gasteiger partial charge in [-0.2, -0.15) is 0 Å². The van der Waals surface area contributed by atoms with Crippen LogP contribution in [0.5, 0.6) is 0 Å². The van der Waals surface area contributed by atoms with Crippen LogP contribution in [-0.4, -0.2) is 23.4 Å². The number of carbonyl (C=O) groups excluding carboxylic acids is 2. The Bertz CT molecular complexity index is 373. The van der Waals surface area contributed by atoms with Crippen LogP contribution in [0.1, 0.15) is 18.5 Å². The maximum Gasteiger partial charge on any atom is 0.325 e. The van der Waals surface area contributed by atoms with Crippen LogP contribution >= 0.6 is 0 Å². The second kappa shape index (κ2) is 3.73. The Labute approximate surface area is 87.9 Å². The molecule has 1 fully saturated rings. The van der Waals surface area contributed by atoms with Crippen molar-refractivity contribution in [2.45, 2.75) is 13.0 Å². The summed E-state index contributed by atoms with van der Waals surface area (Å²) in [7, 11) is 0. The maximum absolute atomic E-state index is 11.4. The smallest absolute Gasteiger partial charge is 0.325 e. The van der Waals surface area contributed by atoms with Gasteiger partial charge in [-0.3, -0.25) is 9.69 Å². The van der Waals surface area contributed by atoms with E-state index in [0.29, 0.717) is 0 Å². The summed E-state index contributed by atoms with van der Waals surface area (Å²) < 4.78 is 0. The van der Waals surface area contributed by atoms with E-state index < -0.39 is 0 Å². The Morgan fingerprint density at radius 2 is 1.93 bits per heavy atom. The van der Waals surface area contributed by atoms with Gasteiger partial charge in [-0.25, -0.2) is 4.79 Å². The predicted molar refractivity (Wildman–Crippen MR) is 55.1 cm³/mol. The van der Waals surface area contributed by atoms with Crippen LogP contribution in [0.2, 0.25) is 0 Å². The number of imide groups is 1. The molecule has 0 radical (unpaired) electrons. The third-order valence-electron chi connectivity index (χ3n) is 2.55. The van der Waals surface area contributed by atoms with Crippen molar-refractivity contribution in [1.29, 1.82) is 0 Å². The van der Waals surface area contributed by atoms with E-state index in [9.17, 15) is 9.59 Å². The Balaban J connectivity index is 2.24. The van der Waals surface area contributed by atoms with Crippen molar-refractivity contribution >= 4 is 11.9 Å². The summed E-state index contributed by atoms with van der Waals surface area (Å²) >= 11 is 0. The van der Waals surface area contributed by atoms with E-state index in [1.807, 2.05) is 37.3 Å². The molecule has 0 aliphatic carbocycles. The molecular formula is C11H12N2O2. The van der Waals surface area contributed by atoms with Gasteiger partial charge in [0, 0.05) is 0 Å².